The molecule has 3 heteroatoms. The molecule has 1 aliphatic heterocycles. The molecule has 0 atom stereocenters. The van der Waals surface area contributed by atoms with E-state index < -0.39 is 0 Å². The molecule has 0 bridgehead atoms. The molecule has 0 amide bonds. The van der Waals surface area contributed by atoms with Crippen molar-refractivity contribution in [2.45, 2.75) is 6.92 Å². The third-order valence-electron chi connectivity index (χ3n) is 2.40. The van der Waals surface area contributed by atoms with Crippen LogP contribution in [0.25, 0.3) is 0 Å². The smallest absolute Gasteiger partial charge is 0.117 e. The van der Waals surface area contributed by atoms with E-state index in [1.807, 2.05) is 6.07 Å². The standard InChI is InChI=1S/C10H14N2O/c1-2-12-6-5-11-9-7-8(13)3-4-10(9)12/h3-4,7,11,13H,2,5-6H2,1H3. The van der Waals surface area contributed by atoms with Crippen molar-refractivity contribution in [1.29, 1.82) is 0 Å². The minimum absolute atomic E-state index is 0.323. The molecule has 3 nitrogen and oxygen atoms in total. The highest BCUT2D eigenvalue weighted by molar-refractivity contribution is 5.73. The largest absolute Gasteiger partial charge is 0.508 e. The van der Waals surface area contributed by atoms with Crippen molar-refractivity contribution < 1.29 is 5.11 Å². The van der Waals surface area contributed by atoms with Gasteiger partial charge in [0.1, 0.15) is 5.75 Å². The van der Waals surface area contributed by atoms with Crippen LogP contribution in [-0.2, 0) is 0 Å². The number of nitrogens with one attached hydrogen (secondary N) is 1. The van der Waals surface area contributed by atoms with Gasteiger partial charge in [0.2, 0.25) is 0 Å². The second kappa shape index (κ2) is 3.17. The zero-order chi connectivity index (χ0) is 9.26. The van der Waals surface area contributed by atoms with Gasteiger partial charge in [-0.25, -0.2) is 0 Å². The number of phenolic OH excluding ortho intramolecular Hbond substituents is 1. The molecule has 2 N–H and O–H groups in total. The van der Waals surface area contributed by atoms with Crippen LogP contribution in [0.5, 0.6) is 5.75 Å². The molecule has 1 heterocycles. The van der Waals surface area contributed by atoms with Crippen molar-refractivity contribution in [2.24, 2.45) is 0 Å². The predicted molar refractivity (Wildman–Crippen MR) is 54.5 cm³/mol. The van der Waals surface area contributed by atoms with Gasteiger partial charge in [0.15, 0.2) is 0 Å². The molecule has 1 aromatic carbocycles. The fourth-order valence-electron chi connectivity index (χ4n) is 1.72. The SMILES string of the molecule is CCN1CCNc2cc(O)ccc21. The van der Waals surface area contributed by atoms with Crippen LogP contribution in [0.4, 0.5) is 11.4 Å². The summed E-state index contributed by atoms with van der Waals surface area (Å²) in [6.07, 6.45) is 0. The number of likely N-dealkylation sites (N-methyl/N-ethyl adjacent to an activating group) is 1. The van der Waals surface area contributed by atoms with Crippen LogP contribution >= 0.6 is 0 Å². The Morgan fingerprint density at radius 2 is 2.38 bits per heavy atom. The van der Waals surface area contributed by atoms with Crippen molar-refractivity contribution in [3.8, 4) is 5.75 Å². The quantitative estimate of drug-likeness (QED) is 0.686. The number of hydrogen-bond acceptors (Lipinski definition) is 3. The van der Waals surface area contributed by atoms with Crippen molar-refractivity contribution in [2.75, 3.05) is 29.9 Å². The number of fused-ring (bicyclic) bond motifs is 1. The fraction of sp³-hybridized carbons (Fsp3) is 0.400. The molecule has 1 aliphatic rings. The maximum Gasteiger partial charge on any atom is 0.117 e. The Labute approximate surface area is 78.0 Å². The second-order valence-corrected chi connectivity index (χ2v) is 3.21. The maximum absolute atomic E-state index is 9.29. The van der Waals surface area contributed by atoms with Gasteiger partial charge in [-0.2, -0.15) is 0 Å². The molecule has 0 fully saturated rings. The van der Waals surface area contributed by atoms with E-state index in [-0.39, 0.29) is 0 Å². The molecule has 0 unspecified atom stereocenters. The van der Waals surface area contributed by atoms with Crippen molar-refractivity contribution in [3.05, 3.63) is 18.2 Å². The highest BCUT2D eigenvalue weighted by Gasteiger charge is 2.14. The van der Waals surface area contributed by atoms with Crippen LogP contribution < -0.4 is 10.2 Å². The third kappa shape index (κ3) is 1.41. The summed E-state index contributed by atoms with van der Waals surface area (Å²) in [5, 5.41) is 12.6. The van der Waals surface area contributed by atoms with Crippen LogP contribution in [0, 0.1) is 0 Å². The lowest BCUT2D eigenvalue weighted by atomic mass is 10.2. The van der Waals surface area contributed by atoms with E-state index in [4.69, 9.17) is 0 Å². The second-order valence-electron chi connectivity index (χ2n) is 3.21. The fourth-order valence-corrected chi connectivity index (χ4v) is 1.72. The van der Waals surface area contributed by atoms with E-state index in [2.05, 4.69) is 17.1 Å². The number of benzene rings is 1. The number of nitrogens with zero attached hydrogens (tertiary/aromatic N) is 1. The van der Waals surface area contributed by atoms with Gasteiger partial charge in [-0.15, -0.1) is 0 Å². The van der Waals surface area contributed by atoms with Crippen molar-refractivity contribution >= 4 is 11.4 Å². The van der Waals surface area contributed by atoms with E-state index in [9.17, 15) is 5.11 Å². The van der Waals surface area contributed by atoms with Crippen molar-refractivity contribution in [1.82, 2.24) is 0 Å². The highest BCUT2D eigenvalue weighted by atomic mass is 16.3. The summed E-state index contributed by atoms with van der Waals surface area (Å²) < 4.78 is 0. The van der Waals surface area contributed by atoms with Gasteiger partial charge in [0, 0.05) is 25.7 Å². The Balaban J connectivity index is 2.40. The summed E-state index contributed by atoms with van der Waals surface area (Å²) in [5.41, 5.74) is 2.22. The number of hydrogen-bond donors (Lipinski definition) is 2. The summed E-state index contributed by atoms with van der Waals surface area (Å²) in [6.45, 7) is 5.14. The summed E-state index contributed by atoms with van der Waals surface area (Å²) in [4.78, 5) is 2.30. The first kappa shape index (κ1) is 8.23. The van der Waals surface area contributed by atoms with Crippen LogP contribution in [0.3, 0.4) is 0 Å². The van der Waals surface area contributed by atoms with Gasteiger partial charge < -0.3 is 15.3 Å². The Morgan fingerprint density at radius 1 is 1.54 bits per heavy atom. The normalized spacial score (nSPS) is 15.0. The average molecular weight is 178 g/mol. The van der Waals surface area contributed by atoms with Gasteiger partial charge in [-0.3, -0.25) is 0 Å². The Bertz CT molecular complexity index is 312. The zero-order valence-electron chi connectivity index (χ0n) is 7.75. The van der Waals surface area contributed by atoms with E-state index in [0.29, 0.717) is 5.75 Å². The van der Waals surface area contributed by atoms with Gasteiger partial charge in [0.25, 0.3) is 0 Å². The van der Waals surface area contributed by atoms with Crippen molar-refractivity contribution in [3.63, 3.8) is 0 Å². The molecule has 0 radical (unpaired) electrons. The number of rotatable bonds is 1. The van der Waals surface area contributed by atoms with Crippen LogP contribution in [0.15, 0.2) is 18.2 Å². The molecule has 1 aromatic rings. The van der Waals surface area contributed by atoms with Crippen LogP contribution in [-0.4, -0.2) is 24.7 Å². The Kier molecular flexibility index (Phi) is 2.00. The molecule has 0 saturated carbocycles. The minimum Gasteiger partial charge on any atom is -0.508 e. The lowest BCUT2D eigenvalue weighted by molar-refractivity contribution is 0.475. The molecule has 0 saturated heterocycles. The predicted octanol–water partition coefficient (Wildman–Crippen LogP) is 1.64. The first-order valence-corrected chi connectivity index (χ1v) is 4.63. The topological polar surface area (TPSA) is 35.5 Å². The molecule has 70 valence electrons. The Morgan fingerprint density at radius 3 is 3.15 bits per heavy atom. The molecular weight excluding hydrogens is 164 g/mol. The third-order valence-corrected chi connectivity index (χ3v) is 2.40. The van der Waals surface area contributed by atoms with E-state index in [0.717, 1.165) is 25.3 Å². The lowest BCUT2D eigenvalue weighted by Gasteiger charge is -2.31. The van der Waals surface area contributed by atoms with Crippen LogP contribution in [0.2, 0.25) is 0 Å². The van der Waals surface area contributed by atoms with E-state index in [1.165, 1.54) is 5.69 Å². The maximum atomic E-state index is 9.29. The highest BCUT2D eigenvalue weighted by Crippen LogP contribution is 2.31. The molecule has 2 rings (SSSR count). The van der Waals surface area contributed by atoms with Gasteiger partial charge in [-0.05, 0) is 19.1 Å². The first-order valence-electron chi connectivity index (χ1n) is 4.63. The zero-order valence-corrected chi connectivity index (χ0v) is 7.75. The molecular formula is C10H14N2O. The number of anilines is 2. The number of phenols is 1. The Hall–Kier alpha value is -1.38. The summed E-state index contributed by atoms with van der Waals surface area (Å²) in [5.74, 6) is 0.323. The van der Waals surface area contributed by atoms with Gasteiger partial charge in [-0.1, -0.05) is 0 Å². The molecule has 0 aliphatic carbocycles. The summed E-state index contributed by atoms with van der Waals surface area (Å²) >= 11 is 0. The van der Waals surface area contributed by atoms with Gasteiger partial charge >= 0.3 is 0 Å². The monoisotopic (exact) mass is 178 g/mol. The summed E-state index contributed by atoms with van der Waals surface area (Å²) in [7, 11) is 0. The molecule has 0 aromatic heterocycles. The first-order chi connectivity index (χ1) is 6.31. The number of aromatic hydroxyl groups is 1. The van der Waals surface area contributed by atoms with Gasteiger partial charge in [0.05, 0.1) is 11.4 Å². The van der Waals surface area contributed by atoms with E-state index in [1.54, 1.807) is 12.1 Å². The molecule has 0 spiro atoms. The van der Waals surface area contributed by atoms with E-state index >= 15 is 0 Å². The lowest BCUT2D eigenvalue weighted by Crippen LogP contribution is -2.33. The summed E-state index contributed by atoms with van der Waals surface area (Å²) in [6, 6.07) is 5.46. The molecule has 13 heavy (non-hydrogen) atoms. The van der Waals surface area contributed by atoms with Crippen LogP contribution in [0.1, 0.15) is 6.92 Å². The minimum atomic E-state index is 0.323. The average Bonchev–Trinajstić information content (AvgIpc) is 2.16.